The number of hydrogen-bond acceptors (Lipinski definition) is 1. The molecular weight excluding hydrogens is 392 g/mol. The fraction of sp³-hybridized carbons (Fsp3) is 0.345. The second-order valence-electron chi connectivity index (χ2n) is 9.18. The van der Waals surface area contributed by atoms with Gasteiger partial charge >= 0.3 is 0 Å². The van der Waals surface area contributed by atoms with Crippen LogP contribution in [0, 0.1) is 0 Å². The number of para-hydroxylation sites is 1. The standard InChI is InChI=1S/C29H35N2O/c1-7-8-9-10-11-16-26-30(6)17-18-31(26)28-23(20(2)3)19-24-22-14-12-13-15-25(22)32-29(24)27(28)21(4)5/h8-15,17-21H,7,16H2,1-6H3/q+1. The maximum absolute atomic E-state index is 6.47. The summed E-state index contributed by atoms with van der Waals surface area (Å²) in [4.78, 5) is 0. The minimum atomic E-state index is 0.329. The Kier molecular flexibility index (Phi) is 6.36. The lowest BCUT2D eigenvalue weighted by molar-refractivity contribution is -0.678. The number of hydrogen-bond donors (Lipinski definition) is 0. The first-order valence-electron chi connectivity index (χ1n) is 11.8. The van der Waals surface area contributed by atoms with Crippen molar-refractivity contribution in [1.29, 1.82) is 0 Å². The molecule has 0 saturated heterocycles. The van der Waals surface area contributed by atoms with E-state index in [4.69, 9.17) is 4.42 Å². The van der Waals surface area contributed by atoms with E-state index in [-0.39, 0.29) is 0 Å². The Morgan fingerprint density at radius 1 is 1.00 bits per heavy atom. The van der Waals surface area contributed by atoms with Crippen LogP contribution in [0.5, 0.6) is 0 Å². The summed E-state index contributed by atoms with van der Waals surface area (Å²) in [6.45, 7) is 11.3. The first-order chi connectivity index (χ1) is 15.4. The highest BCUT2D eigenvalue weighted by Crippen LogP contribution is 2.41. The molecule has 0 saturated carbocycles. The third-order valence-corrected chi connectivity index (χ3v) is 6.19. The van der Waals surface area contributed by atoms with Crippen LogP contribution in [0.2, 0.25) is 0 Å². The zero-order valence-electron chi connectivity index (χ0n) is 20.2. The highest BCUT2D eigenvalue weighted by atomic mass is 16.3. The summed E-state index contributed by atoms with van der Waals surface area (Å²) in [7, 11) is 2.13. The second kappa shape index (κ2) is 9.20. The van der Waals surface area contributed by atoms with Crippen LogP contribution in [-0.2, 0) is 13.5 Å². The molecule has 0 amide bonds. The molecule has 0 N–H and O–H groups in total. The molecule has 2 heterocycles. The van der Waals surface area contributed by atoms with E-state index in [1.807, 2.05) is 6.07 Å². The van der Waals surface area contributed by atoms with E-state index in [0.717, 1.165) is 24.0 Å². The number of imidazole rings is 1. The highest BCUT2D eigenvalue weighted by molar-refractivity contribution is 6.07. The van der Waals surface area contributed by atoms with Gasteiger partial charge in [0.15, 0.2) is 0 Å². The lowest BCUT2D eigenvalue weighted by Gasteiger charge is -2.18. The molecule has 0 aliphatic rings. The Labute approximate surface area is 191 Å². The van der Waals surface area contributed by atoms with Crippen LogP contribution < -0.4 is 4.57 Å². The van der Waals surface area contributed by atoms with Gasteiger partial charge in [-0.15, -0.1) is 0 Å². The van der Waals surface area contributed by atoms with Crippen molar-refractivity contribution in [3.05, 3.63) is 84.0 Å². The van der Waals surface area contributed by atoms with Crippen molar-refractivity contribution >= 4 is 21.9 Å². The zero-order chi connectivity index (χ0) is 22.8. The van der Waals surface area contributed by atoms with Crippen molar-refractivity contribution in [1.82, 2.24) is 4.57 Å². The lowest BCUT2D eigenvalue weighted by Crippen LogP contribution is -2.32. The van der Waals surface area contributed by atoms with E-state index in [1.54, 1.807) is 0 Å². The molecular formula is C29H35N2O+. The average Bonchev–Trinajstić information content (AvgIpc) is 3.32. The van der Waals surface area contributed by atoms with E-state index in [0.29, 0.717) is 11.8 Å². The summed E-state index contributed by atoms with van der Waals surface area (Å²) in [5.41, 5.74) is 5.90. The van der Waals surface area contributed by atoms with Gasteiger partial charge < -0.3 is 4.42 Å². The Morgan fingerprint density at radius 2 is 1.75 bits per heavy atom. The molecule has 0 spiro atoms. The van der Waals surface area contributed by atoms with Gasteiger partial charge in [-0.2, -0.15) is 4.57 Å². The van der Waals surface area contributed by atoms with Gasteiger partial charge in [0.1, 0.15) is 29.2 Å². The number of rotatable bonds is 7. The van der Waals surface area contributed by atoms with Gasteiger partial charge in [0.05, 0.1) is 13.5 Å². The summed E-state index contributed by atoms with van der Waals surface area (Å²) in [5, 5.41) is 2.42. The van der Waals surface area contributed by atoms with Crippen LogP contribution in [0.3, 0.4) is 0 Å². The number of furan rings is 1. The fourth-order valence-electron chi connectivity index (χ4n) is 4.56. The predicted octanol–water partition coefficient (Wildman–Crippen LogP) is 7.51. The monoisotopic (exact) mass is 427 g/mol. The molecule has 0 radical (unpaired) electrons. The Hall–Kier alpha value is -3.07. The van der Waals surface area contributed by atoms with Crippen molar-refractivity contribution in [3.8, 4) is 5.69 Å². The number of allylic oxidation sites excluding steroid dienone is 4. The molecule has 166 valence electrons. The fourth-order valence-corrected chi connectivity index (χ4v) is 4.56. The van der Waals surface area contributed by atoms with E-state index in [2.05, 4.69) is 112 Å². The average molecular weight is 428 g/mol. The minimum absolute atomic E-state index is 0.329. The molecule has 0 aliphatic carbocycles. The lowest BCUT2D eigenvalue weighted by atomic mass is 9.89. The maximum Gasteiger partial charge on any atom is 0.265 e. The van der Waals surface area contributed by atoms with E-state index < -0.39 is 0 Å². The summed E-state index contributed by atoms with van der Waals surface area (Å²) >= 11 is 0. The maximum atomic E-state index is 6.47. The summed E-state index contributed by atoms with van der Waals surface area (Å²) < 4.78 is 11.1. The van der Waals surface area contributed by atoms with E-state index in [9.17, 15) is 0 Å². The van der Waals surface area contributed by atoms with Crippen LogP contribution in [0.25, 0.3) is 27.6 Å². The van der Waals surface area contributed by atoms with Crippen LogP contribution in [0.15, 0.2) is 71.4 Å². The molecule has 0 aliphatic heterocycles. The molecule has 32 heavy (non-hydrogen) atoms. The molecule has 4 rings (SSSR count). The number of aromatic nitrogens is 2. The highest BCUT2D eigenvalue weighted by Gasteiger charge is 2.28. The van der Waals surface area contributed by atoms with Crippen molar-refractivity contribution in [2.75, 3.05) is 0 Å². The van der Waals surface area contributed by atoms with Crippen LogP contribution >= 0.6 is 0 Å². The largest absolute Gasteiger partial charge is 0.456 e. The molecule has 2 aromatic heterocycles. The minimum Gasteiger partial charge on any atom is -0.456 e. The topological polar surface area (TPSA) is 21.9 Å². The van der Waals surface area contributed by atoms with Crippen LogP contribution in [0.1, 0.15) is 69.8 Å². The molecule has 0 unspecified atom stereocenters. The molecule has 3 nitrogen and oxygen atoms in total. The third-order valence-electron chi connectivity index (χ3n) is 6.19. The summed E-state index contributed by atoms with van der Waals surface area (Å²) in [6.07, 6.45) is 15.0. The van der Waals surface area contributed by atoms with Gasteiger partial charge in [-0.1, -0.05) is 77.1 Å². The number of benzene rings is 2. The Bertz CT molecular complexity index is 1300. The van der Waals surface area contributed by atoms with Gasteiger partial charge in [-0.05, 0) is 30.4 Å². The van der Waals surface area contributed by atoms with Gasteiger partial charge in [0, 0.05) is 21.9 Å². The summed E-state index contributed by atoms with van der Waals surface area (Å²) in [5.74, 6) is 1.98. The van der Waals surface area contributed by atoms with Crippen LogP contribution in [0.4, 0.5) is 0 Å². The Morgan fingerprint density at radius 3 is 2.47 bits per heavy atom. The van der Waals surface area contributed by atoms with E-state index >= 15 is 0 Å². The number of aryl methyl sites for hydroxylation is 1. The molecule has 2 aromatic carbocycles. The van der Waals surface area contributed by atoms with Crippen molar-refractivity contribution < 1.29 is 8.98 Å². The van der Waals surface area contributed by atoms with Gasteiger partial charge in [0.25, 0.3) is 5.82 Å². The quantitative estimate of drug-likeness (QED) is 0.221. The van der Waals surface area contributed by atoms with Gasteiger partial charge in [-0.25, -0.2) is 4.57 Å². The van der Waals surface area contributed by atoms with Gasteiger partial charge in [0.2, 0.25) is 0 Å². The molecule has 4 aromatic rings. The van der Waals surface area contributed by atoms with Crippen LogP contribution in [-0.4, -0.2) is 4.57 Å². The summed E-state index contributed by atoms with van der Waals surface area (Å²) in [6, 6.07) is 10.7. The molecule has 0 fully saturated rings. The number of fused-ring (bicyclic) bond motifs is 3. The molecule has 0 bridgehead atoms. The molecule has 0 atom stereocenters. The third kappa shape index (κ3) is 3.92. The Balaban J connectivity index is 2.00. The predicted molar refractivity (Wildman–Crippen MR) is 135 cm³/mol. The van der Waals surface area contributed by atoms with Crippen molar-refractivity contribution in [2.45, 2.75) is 59.3 Å². The first kappa shape index (κ1) is 22.1. The van der Waals surface area contributed by atoms with E-state index in [1.165, 1.54) is 33.4 Å². The SMILES string of the molecule is CCC=CC=CCc1n(-c2c(C(C)C)cc3c(oc4ccccc43)c2C(C)C)cc[n+]1C. The number of nitrogens with zero attached hydrogens (tertiary/aromatic N) is 2. The first-order valence-corrected chi connectivity index (χ1v) is 11.8. The van der Waals surface area contributed by atoms with Crippen molar-refractivity contribution in [3.63, 3.8) is 0 Å². The molecule has 3 heteroatoms. The van der Waals surface area contributed by atoms with Gasteiger partial charge in [-0.3, -0.25) is 0 Å². The smallest absolute Gasteiger partial charge is 0.265 e. The second-order valence-corrected chi connectivity index (χ2v) is 9.18. The van der Waals surface area contributed by atoms with Crippen molar-refractivity contribution in [2.24, 2.45) is 7.05 Å². The normalized spacial score (nSPS) is 12.6. The zero-order valence-corrected chi connectivity index (χ0v) is 20.2.